The SMILES string of the molecule is CC[C@H]1c2ccsc2CCN1C(=O)COc1ccc2ccc(=O)oc2c1. The van der Waals surface area contributed by atoms with Gasteiger partial charge in [-0.3, -0.25) is 4.79 Å². The summed E-state index contributed by atoms with van der Waals surface area (Å²) in [6.45, 7) is 2.79. The molecule has 0 aliphatic carbocycles. The molecule has 3 heterocycles. The summed E-state index contributed by atoms with van der Waals surface area (Å²) in [4.78, 5) is 27.4. The molecule has 134 valence electrons. The van der Waals surface area contributed by atoms with Crippen LogP contribution in [0.1, 0.15) is 29.8 Å². The number of ether oxygens (including phenoxy) is 1. The molecule has 1 aromatic carbocycles. The molecule has 0 bridgehead atoms. The Kier molecular flexibility index (Phi) is 4.51. The summed E-state index contributed by atoms with van der Waals surface area (Å²) in [5, 5.41) is 2.91. The lowest BCUT2D eigenvalue weighted by Gasteiger charge is -2.35. The molecule has 1 aliphatic heterocycles. The number of rotatable bonds is 4. The Hall–Kier alpha value is -2.60. The largest absolute Gasteiger partial charge is 0.484 e. The zero-order valence-electron chi connectivity index (χ0n) is 14.4. The van der Waals surface area contributed by atoms with Crippen molar-refractivity contribution in [3.63, 3.8) is 0 Å². The minimum Gasteiger partial charge on any atom is -0.484 e. The third-order valence-electron chi connectivity index (χ3n) is 4.76. The molecule has 0 saturated heterocycles. The molecule has 6 heteroatoms. The smallest absolute Gasteiger partial charge is 0.336 e. The molecule has 0 unspecified atom stereocenters. The average molecular weight is 369 g/mol. The van der Waals surface area contributed by atoms with E-state index in [1.54, 1.807) is 29.5 Å². The van der Waals surface area contributed by atoms with Gasteiger partial charge in [0, 0.05) is 28.9 Å². The first-order valence-corrected chi connectivity index (χ1v) is 9.56. The summed E-state index contributed by atoms with van der Waals surface area (Å²) in [5.74, 6) is 0.491. The first-order chi connectivity index (χ1) is 12.7. The third-order valence-corrected chi connectivity index (χ3v) is 5.76. The van der Waals surface area contributed by atoms with Crippen LogP contribution in [0.5, 0.6) is 5.75 Å². The Morgan fingerprint density at radius 1 is 1.31 bits per heavy atom. The van der Waals surface area contributed by atoms with Gasteiger partial charge in [-0.25, -0.2) is 4.79 Å². The molecule has 2 aromatic heterocycles. The summed E-state index contributed by atoms with van der Waals surface area (Å²) in [7, 11) is 0. The summed E-state index contributed by atoms with van der Waals surface area (Å²) in [5.41, 5.74) is 1.32. The van der Waals surface area contributed by atoms with Crippen LogP contribution in [0.25, 0.3) is 11.0 Å². The van der Waals surface area contributed by atoms with Crippen molar-refractivity contribution in [2.75, 3.05) is 13.2 Å². The Morgan fingerprint density at radius 2 is 2.15 bits per heavy atom. The topological polar surface area (TPSA) is 59.8 Å². The number of carbonyl (C=O) groups excluding carboxylic acids is 1. The molecular formula is C20H19NO4S. The van der Waals surface area contributed by atoms with Gasteiger partial charge in [0.2, 0.25) is 0 Å². The second kappa shape index (κ2) is 6.96. The average Bonchev–Trinajstić information content (AvgIpc) is 3.13. The molecule has 26 heavy (non-hydrogen) atoms. The molecule has 0 fully saturated rings. The first-order valence-electron chi connectivity index (χ1n) is 8.68. The van der Waals surface area contributed by atoms with E-state index in [2.05, 4.69) is 18.4 Å². The van der Waals surface area contributed by atoms with E-state index in [0.717, 1.165) is 24.8 Å². The fraction of sp³-hybridized carbons (Fsp3) is 0.300. The lowest BCUT2D eigenvalue weighted by molar-refractivity contribution is -0.136. The van der Waals surface area contributed by atoms with Crippen molar-refractivity contribution >= 4 is 28.2 Å². The molecular weight excluding hydrogens is 350 g/mol. The van der Waals surface area contributed by atoms with E-state index in [1.165, 1.54) is 16.5 Å². The quantitative estimate of drug-likeness (QED) is 0.657. The summed E-state index contributed by atoms with van der Waals surface area (Å²) >= 11 is 1.77. The normalized spacial score (nSPS) is 16.5. The van der Waals surface area contributed by atoms with Crippen molar-refractivity contribution in [1.29, 1.82) is 0 Å². The number of benzene rings is 1. The zero-order chi connectivity index (χ0) is 18.1. The van der Waals surface area contributed by atoms with E-state index < -0.39 is 5.63 Å². The van der Waals surface area contributed by atoms with Gasteiger partial charge >= 0.3 is 5.63 Å². The van der Waals surface area contributed by atoms with Crippen molar-refractivity contribution in [3.05, 3.63) is 62.6 Å². The van der Waals surface area contributed by atoms with E-state index in [9.17, 15) is 9.59 Å². The molecule has 0 N–H and O–H groups in total. The van der Waals surface area contributed by atoms with Crippen LogP contribution in [-0.2, 0) is 11.2 Å². The van der Waals surface area contributed by atoms with Crippen LogP contribution < -0.4 is 10.4 Å². The molecule has 1 atom stereocenters. The number of thiophene rings is 1. The number of amides is 1. The van der Waals surface area contributed by atoms with E-state index >= 15 is 0 Å². The molecule has 0 spiro atoms. The summed E-state index contributed by atoms with van der Waals surface area (Å²) < 4.78 is 10.8. The number of hydrogen-bond donors (Lipinski definition) is 0. The number of hydrogen-bond acceptors (Lipinski definition) is 5. The molecule has 0 saturated carbocycles. The third kappa shape index (κ3) is 3.12. The van der Waals surface area contributed by atoms with Crippen LogP contribution in [0.4, 0.5) is 0 Å². The van der Waals surface area contributed by atoms with Crippen LogP contribution in [0.3, 0.4) is 0 Å². The molecule has 0 radical (unpaired) electrons. The Balaban J connectivity index is 1.48. The van der Waals surface area contributed by atoms with Crippen LogP contribution in [0, 0.1) is 0 Å². The van der Waals surface area contributed by atoms with Gasteiger partial charge in [0.1, 0.15) is 11.3 Å². The van der Waals surface area contributed by atoms with Gasteiger partial charge in [0.05, 0.1) is 6.04 Å². The second-order valence-corrected chi connectivity index (χ2v) is 7.30. The Bertz CT molecular complexity index is 1010. The maximum Gasteiger partial charge on any atom is 0.336 e. The maximum atomic E-state index is 12.7. The van der Waals surface area contributed by atoms with Gasteiger partial charge in [-0.1, -0.05) is 6.92 Å². The van der Waals surface area contributed by atoms with E-state index in [-0.39, 0.29) is 18.6 Å². The van der Waals surface area contributed by atoms with E-state index in [4.69, 9.17) is 9.15 Å². The van der Waals surface area contributed by atoms with Gasteiger partial charge < -0.3 is 14.1 Å². The van der Waals surface area contributed by atoms with Gasteiger partial charge in [-0.05, 0) is 48.1 Å². The standard InChI is InChI=1S/C20H19NO4S/c1-2-16-15-8-10-26-18(15)7-9-21(16)19(22)12-24-14-5-3-13-4-6-20(23)25-17(13)11-14/h3-6,8,10-11,16H,2,7,9,12H2,1H3/t16-/m0/s1. The Labute approximate surface area is 154 Å². The maximum absolute atomic E-state index is 12.7. The predicted molar refractivity (Wildman–Crippen MR) is 101 cm³/mol. The number of carbonyl (C=O) groups is 1. The number of fused-ring (bicyclic) bond motifs is 2. The van der Waals surface area contributed by atoms with Crippen molar-refractivity contribution in [1.82, 2.24) is 4.90 Å². The fourth-order valence-electron chi connectivity index (χ4n) is 3.49. The monoisotopic (exact) mass is 369 g/mol. The lowest BCUT2D eigenvalue weighted by Crippen LogP contribution is -2.41. The molecule has 1 amide bonds. The number of nitrogens with zero attached hydrogens (tertiary/aromatic N) is 1. The Morgan fingerprint density at radius 3 is 3.00 bits per heavy atom. The van der Waals surface area contributed by atoms with E-state index in [0.29, 0.717) is 11.3 Å². The summed E-state index contributed by atoms with van der Waals surface area (Å²) in [6, 6.07) is 10.6. The molecule has 5 nitrogen and oxygen atoms in total. The van der Waals surface area contributed by atoms with Crippen LogP contribution in [0.15, 0.2) is 51.0 Å². The van der Waals surface area contributed by atoms with Crippen LogP contribution in [-0.4, -0.2) is 24.0 Å². The molecule has 4 rings (SSSR count). The van der Waals surface area contributed by atoms with Crippen LogP contribution >= 0.6 is 11.3 Å². The van der Waals surface area contributed by atoms with Gasteiger partial charge in [-0.2, -0.15) is 0 Å². The van der Waals surface area contributed by atoms with Crippen molar-refractivity contribution in [3.8, 4) is 5.75 Å². The predicted octanol–water partition coefficient (Wildman–Crippen LogP) is 3.77. The molecule has 1 aliphatic rings. The first kappa shape index (κ1) is 16.8. The van der Waals surface area contributed by atoms with Gasteiger partial charge in [0.25, 0.3) is 5.91 Å². The van der Waals surface area contributed by atoms with Crippen molar-refractivity contribution in [2.45, 2.75) is 25.8 Å². The van der Waals surface area contributed by atoms with Crippen molar-refractivity contribution in [2.24, 2.45) is 0 Å². The highest BCUT2D eigenvalue weighted by atomic mass is 32.1. The molecule has 3 aromatic rings. The minimum atomic E-state index is -0.406. The highest BCUT2D eigenvalue weighted by Crippen LogP contribution is 2.35. The van der Waals surface area contributed by atoms with Gasteiger partial charge in [0.15, 0.2) is 6.61 Å². The second-order valence-electron chi connectivity index (χ2n) is 6.30. The highest BCUT2D eigenvalue weighted by Gasteiger charge is 2.30. The van der Waals surface area contributed by atoms with Crippen LogP contribution in [0.2, 0.25) is 0 Å². The fourth-order valence-corrected chi connectivity index (χ4v) is 4.42. The zero-order valence-corrected chi connectivity index (χ0v) is 15.3. The minimum absolute atomic E-state index is 0.0247. The van der Waals surface area contributed by atoms with Gasteiger partial charge in [-0.15, -0.1) is 11.3 Å². The van der Waals surface area contributed by atoms with E-state index in [1.807, 2.05) is 11.0 Å². The summed E-state index contributed by atoms with van der Waals surface area (Å²) in [6.07, 6.45) is 1.78. The lowest BCUT2D eigenvalue weighted by atomic mass is 9.98. The highest BCUT2D eigenvalue weighted by molar-refractivity contribution is 7.10. The van der Waals surface area contributed by atoms with Crippen molar-refractivity contribution < 1.29 is 13.9 Å².